The van der Waals surface area contributed by atoms with Gasteiger partial charge in [-0.2, -0.15) is 0 Å². The minimum Gasteiger partial charge on any atom is -0.352 e. The number of hydrogen-bond acceptors (Lipinski definition) is 3. The summed E-state index contributed by atoms with van der Waals surface area (Å²) in [6, 6.07) is 10.4. The van der Waals surface area contributed by atoms with E-state index in [4.69, 9.17) is 11.6 Å². The summed E-state index contributed by atoms with van der Waals surface area (Å²) in [4.78, 5) is 12.2. The molecular weight excluding hydrogens is 367 g/mol. The molecule has 0 spiro atoms. The number of amides is 1. The third-order valence-electron chi connectivity index (χ3n) is 3.46. The van der Waals surface area contributed by atoms with Crippen LogP contribution in [0, 0.1) is 5.82 Å². The van der Waals surface area contributed by atoms with Crippen molar-refractivity contribution in [1.29, 1.82) is 0 Å². The van der Waals surface area contributed by atoms with Crippen molar-refractivity contribution in [1.82, 2.24) is 10.0 Å². The molecule has 0 fully saturated rings. The SMILES string of the molecule is CCNS(=O)(=O)c1ccc(CCNC(=O)c2c(F)cccc2Cl)cc1. The van der Waals surface area contributed by atoms with Crippen LogP contribution in [-0.2, 0) is 16.4 Å². The normalized spacial score (nSPS) is 11.3. The molecule has 1 amide bonds. The average Bonchev–Trinajstić information content (AvgIpc) is 2.55. The highest BCUT2D eigenvalue weighted by molar-refractivity contribution is 7.89. The van der Waals surface area contributed by atoms with Crippen molar-refractivity contribution >= 4 is 27.5 Å². The molecule has 0 heterocycles. The Labute approximate surface area is 151 Å². The predicted octanol–water partition coefficient (Wildman–Crippen LogP) is 2.75. The second kappa shape index (κ2) is 8.42. The van der Waals surface area contributed by atoms with E-state index in [1.807, 2.05) is 0 Å². The summed E-state index contributed by atoms with van der Waals surface area (Å²) < 4.78 is 39.8. The first-order chi connectivity index (χ1) is 11.8. The van der Waals surface area contributed by atoms with Crippen LogP contribution in [0.5, 0.6) is 0 Å². The van der Waals surface area contributed by atoms with Gasteiger partial charge in [0.15, 0.2) is 0 Å². The molecule has 134 valence electrons. The third kappa shape index (κ3) is 5.01. The van der Waals surface area contributed by atoms with Gasteiger partial charge in [0.05, 0.1) is 15.5 Å². The molecule has 2 rings (SSSR count). The van der Waals surface area contributed by atoms with Crippen LogP contribution in [0.2, 0.25) is 5.02 Å². The average molecular weight is 385 g/mol. The van der Waals surface area contributed by atoms with Gasteiger partial charge < -0.3 is 5.32 Å². The van der Waals surface area contributed by atoms with Crippen molar-refractivity contribution in [3.05, 3.63) is 64.4 Å². The van der Waals surface area contributed by atoms with Crippen molar-refractivity contribution in [3.63, 3.8) is 0 Å². The first-order valence-corrected chi connectivity index (χ1v) is 9.52. The summed E-state index contributed by atoms with van der Waals surface area (Å²) in [5.74, 6) is -1.27. The van der Waals surface area contributed by atoms with Crippen LogP contribution in [-0.4, -0.2) is 27.4 Å². The lowest BCUT2D eigenvalue weighted by Crippen LogP contribution is -2.27. The van der Waals surface area contributed by atoms with E-state index in [0.29, 0.717) is 13.0 Å². The van der Waals surface area contributed by atoms with Gasteiger partial charge in [-0.15, -0.1) is 0 Å². The molecule has 0 aliphatic rings. The molecule has 25 heavy (non-hydrogen) atoms. The van der Waals surface area contributed by atoms with Gasteiger partial charge in [-0.1, -0.05) is 36.7 Å². The number of carbonyl (C=O) groups is 1. The van der Waals surface area contributed by atoms with Gasteiger partial charge in [0.1, 0.15) is 5.82 Å². The minimum absolute atomic E-state index is 0.0514. The number of nitrogens with one attached hydrogen (secondary N) is 2. The van der Waals surface area contributed by atoms with Crippen LogP contribution in [0.25, 0.3) is 0 Å². The second-order valence-electron chi connectivity index (χ2n) is 5.25. The Balaban J connectivity index is 1.95. The van der Waals surface area contributed by atoms with Crippen molar-refractivity contribution < 1.29 is 17.6 Å². The zero-order valence-corrected chi connectivity index (χ0v) is 15.1. The molecule has 2 N–H and O–H groups in total. The maximum atomic E-state index is 13.7. The summed E-state index contributed by atoms with van der Waals surface area (Å²) in [6.07, 6.45) is 0.472. The van der Waals surface area contributed by atoms with Crippen LogP contribution < -0.4 is 10.0 Å². The first kappa shape index (κ1) is 19.4. The molecule has 0 aliphatic carbocycles. The fraction of sp³-hybridized carbons (Fsp3) is 0.235. The predicted molar refractivity (Wildman–Crippen MR) is 94.8 cm³/mol. The summed E-state index contributed by atoms with van der Waals surface area (Å²) in [5.41, 5.74) is 0.659. The molecule has 0 saturated heterocycles. The highest BCUT2D eigenvalue weighted by atomic mass is 35.5. The molecule has 0 radical (unpaired) electrons. The Morgan fingerprint density at radius 2 is 1.84 bits per heavy atom. The van der Waals surface area contributed by atoms with Crippen molar-refractivity contribution in [3.8, 4) is 0 Å². The standard InChI is InChI=1S/C17H18ClFN2O3S/c1-2-21-25(23,24)13-8-6-12(7-9-13)10-11-20-17(22)16-14(18)4-3-5-15(16)19/h3-9,21H,2,10-11H2,1H3,(H,20,22). The number of hydrogen-bond donors (Lipinski definition) is 2. The molecule has 0 aromatic heterocycles. The van der Waals surface area contributed by atoms with E-state index in [0.717, 1.165) is 5.56 Å². The smallest absolute Gasteiger partial charge is 0.255 e. The van der Waals surface area contributed by atoms with Crippen LogP contribution in [0.15, 0.2) is 47.4 Å². The van der Waals surface area contributed by atoms with E-state index < -0.39 is 21.7 Å². The maximum absolute atomic E-state index is 13.7. The van der Waals surface area contributed by atoms with E-state index >= 15 is 0 Å². The van der Waals surface area contributed by atoms with Crippen molar-refractivity contribution in [2.75, 3.05) is 13.1 Å². The van der Waals surface area contributed by atoms with Crippen LogP contribution in [0.3, 0.4) is 0 Å². The van der Waals surface area contributed by atoms with Gasteiger partial charge >= 0.3 is 0 Å². The van der Waals surface area contributed by atoms with Gasteiger partial charge in [0.2, 0.25) is 10.0 Å². The van der Waals surface area contributed by atoms with Crippen molar-refractivity contribution in [2.24, 2.45) is 0 Å². The van der Waals surface area contributed by atoms with Gasteiger partial charge in [-0.05, 0) is 36.2 Å². The molecule has 0 unspecified atom stereocenters. The van der Waals surface area contributed by atoms with Gasteiger partial charge in [0.25, 0.3) is 5.91 Å². The van der Waals surface area contributed by atoms with Gasteiger partial charge in [-0.25, -0.2) is 17.5 Å². The molecule has 5 nitrogen and oxygen atoms in total. The highest BCUT2D eigenvalue weighted by Gasteiger charge is 2.15. The second-order valence-corrected chi connectivity index (χ2v) is 7.42. The zero-order valence-electron chi connectivity index (χ0n) is 13.6. The maximum Gasteiger partial charge on any atom is 0.255 e. The van der Waals surface area contributed by atoms with E-state index in [9.17, 15) is 17.6 Å². The first-order valence-electron chi connectivity index (χ1n) is 7.66. The van der Waals surface area contributed by atoms with Gasteiger partial charge in [0, 0.05) is 13.1 Å². The lowest BCUT2D eigenvalue weighted by molar-refractivity contribution is 0.0950. The molecule has 0 bridgehead atoms. The third-order valence-corrected chi connectivity index (χ3v) is 5.33. The Hall–Kier alpha value is -1.96. The van der Waals surface area contributed by atoms with Gasteiger partial charge in [-0.3, -0.25) is 4.79 Å². The number of benzene rings is 2. The molecular formula is C17H18ClFN2O3S. The molecule has 0 atom stereocenters. The summed E-state index contributed by atoms with van der Waals surface area (Å²) in [6.45, 7) is 2.29. The number of rotatable bonds is 7. The molecule has 2 aromatic carbocycles. The van der Waals surface area contributed by atoms with E-state index in [2.05, 4.69) is 10.0 Å². The molecule has 8 heteroatoms. The number of carbonyl (C=O) groups excluding carboxylic acids is 1. The summed E-state index contributed by atoms with van der Waals surface area (Å²) >= 11 is 5.84. The molecule has 2 aromatic rings. The number of sulfonamides is 1. The Bertz CT molecular complexity index is 834. The fourth-order valence-electron chi connectivity index (χ4n) is 2.23. The summed E-state index contributed by atoms with van der Waals surface area (Å²) in [7, 11) is -3.48. The zero-order chi connectivity index (χ0) is 18.4. The lowest BCUT2D eigenvalue weighted by Gasteiger charge is -2.09. The topological polar surface area (TPSA) is 75.3 Å². The van der Waals surface area contributed by atoms with Crippen LogP contribution in [0.4, 0.5) is 4.39 Å². The quantitative estimate of drug-likeness (QED) is 0.770. The Morgan fingerprint density at radius 3 is 2.44 bits per heavy atom. The van der Waals surface area contributed by atoms with E-state index in [1.54, 1.807) is 19.1 Å². The van der Waals surface area contributed by atoms with Crippen molar-refractivity contribution in [2.45, 2.75) is 18.2 Å². The van der Waals surface area contributed by atoms with E-state index in [1.165, 1.54) is 30.3 Å². The Kier molecular flexibility index (Phi) is 6.52. The lowest BCUT2D eigenvalue weighted by atomic mass is 10.1. The largest absolute Gasteiger partial charge is 0.352 e. The Morgan fingerprint density at radius 1 is 1.16 bits per heavy atom. The molecule has 0 aliphatic heterocycles. The molecule has 0 saturated carbocycles. The number of halogens is 2. The van der Waals surface area contributed by atoms with Crippen LogP contribution in [0.1, 0.15) is 22.8 Å². The highest BCUT2D eigenvalue weighted by Crippen LogP contribution is 2.18. The minimum atomic E-state index is -3.48. The van der Waals surface area contributed by atoms with Crippen LogP contribution >= 0.6 is 11.6 Å². The van der Waals surface area contributed by atoms with E-state index in [-0.39, 0.29) is 22.0 Å². The fourth-order valence-corrected chi connectivity index (χ4v) is 3.52. The summed E-state index contributed by atoms with van der Waals surface area (Å²) in [5, 5.41) is 2.65. The monoisotopic (exact) mass is 384 g/mol.